The number of nitrogens with one attached hydrogen (secondary N) is 1. The Morgan fingerprint density at radius 3 is 2.50 bits per heavy atom. The molecule has 1 aromatic heterocycles. The van der Waals surface area contributed by atoms with E-state index < -0.39 is 0 Å². The molecule has 0 radical (unpaired) electrons. The number of hydrogen-bond donors (Lipinski definition) is 1. The molecule has 0 aromatic carbocycles. The minimum absolute atomic E-state index is 0.630. The Labute approximate surface area is 110 Å². The molecule has 1 saturated carbocycles. The smallest absolute Gasteiger partial charge is 0.224 e. The van der Waals surface area contributed by atoms with E-state index >= 15 is 0 Å². The summed E-state index contributed by atoms with van der Waals surface area (Å²) in [7, 11) is 4.03. The lowest BCUT2D eigenvalue weighted by atomic mass is 10.1. The molecule has 0 atom stereocenters. The molecule has 18 heavy (non-hydrogen) atoms. The second-order valence-electron chi connectivity index (χ2n) is 5.21. The van der Waals surface area contributed by atoms with Crippen LogP contribution in [-0.2, 0) is 0 Å². The van der Waals surface area contributed by atoms with Crippen molar-refractivity contribution in [1.82, 2.24) is 9.97 Å². The molecule has 0 amide bonds. The van der Waals surface area contributed by atoms with Crippen molar-refractivity contribution in [3.63, 3.8) is 0 Å². The molecule has 1 N–H and O–H groups in total. The highest BCUT2D eigenvalue weighted by molar-refractivity contribution is 5.49. The summed E-state index contributed by atoms with van der Waals surface area (Å²) in [4.78, 5) is 11.2. The lowest BCUT2D eigenvalue weighted by Crippen LogP contribution is -2.32. The SMILES string of the molecule is CNc1ncc(C)c(N(C)C2CCCCCC2)n1. The van der Waals surface area contributed by atoms with Crippen LogP contribution in [0.4, 0.5) is 11.8 Å². The number of anilines is 2. The van der Waals surface area contributed by atoms with Gasteiger partial charge in [-0.25, -0.2) is 4.98 Å². The molecule has 0 unspecified atom stereocenters. The van der Waals surface area contributed by atoms with E-state index in [4.69, 9.17) is 0 Å². The average molecular weight is 248 g/mol. The second kappa shape index (κ2) is 6.03. The summed E-state index contributed by atoms with van der Waals surface area (Å²) in [5, 5.41) is 3.02. The Morgan fingerprint density at radius 1 is 1.22 bits per heavy atom. The first-order chi connectivity index (χ1) is 8.72. The molecule has 0 bridgehead atoms. The highest BCUT2D eigenvalue weighted by atomic mass is 15.2. The van der Waals surface area contributed by atoms with E-state index in [0.717, 1.165) is 11.4 Å². The van der Waals surface area contributed by atoms with E-state index in [1.807, 2.05) is 13.2 Å². The third kappa shape index (κ3) is 2.92. The number of nitrogens with zero attached hydrogens (tertiary/aromatic N) is 3. The Balaban J connectivity index is 2.18. The fraction of sp³-hybridized carbons (Fsp3) is 0.714. The van der Waals surface area contributed by atoms with E-state index in [1.54, 1.807) is 0 Å². The third-order valence-corrected chi connectivity index (χ3v) is 3.88. The minimum Gasteiger partial charge on any atom is -0.357 e. The van der Waals surface area contributed by atoms with Crippen LogP contribution in [0.2, 0.25) is 0 Å². The van der Waals surface area contributed by atoms with Gasteiger partial charge in [-0.1, -0.05) is 25.7 Å². The predicted octanol–water partition coefficient (Wildman–Crippen LogP) is 2.99. The first-order valence-corrected chi connectivity index (χ1v) is 6.96. The Kier molecular flexibility index (Phi) is 4.39. The van der Waals surface area contributed by atoms with Gasteiger partial charge in [0, 0.05) is 31.9 Å². The molecular formula is C14H24N4. The molecule has 1 aromatic rings. The maximum atomic E-state index is 4.60. The maximum Gasteiger partial charge on any atom is 0.224 e. The van der Waals surface area contributed by atoms with Crippen molar-refractivity contribution in [3.8, 4) is 0 Å². The number of hydrogen-bond acceptors (Lipinski definition) is 4. The van der Waals surface area contributed by atoms with Crippen LogP contribution < -0.4 is 10.2 Å². The van der Waals surface area contributed by atoms with Crippen molar-refractivity contribution in [3.05, 3.63) is 11.8 Å². The average Bonchev–Trinajstić information content (AvgIpc) is 2.67. The summed E-state index contributed by atoms with van der Waals surface area (Å²) in [6, 6.07) is 0.630. The van der Waals surface area contributed by atoms with Crippen molar-refractivity contribution in [1.29, 1.82) is 0 Å². The van der Waals surface area contributed by atoms with Crippen molar-refractivity contribution in [2.75, 3.05) is 24.3 Å². The van der Waals surface area contributed by atoms with Gasteiger partial charge in [-0.15, -0.1) is 0 Å². The molecule has 0 spiro atoms. The van der Waals surface area contributed by atoms with Gasteiger partial charge in [0.1, 0.15) is 5.82 Å². The van der Waals surface area contributed by atoms with E-state index in [1.165, 1.54) is 38.5 Å². The number of rotatable bonds is 3. The molecule has 1 fully saturated rings. The quantitative estimate of drug-likeness (QED) is 0.835. The predicted molar refractivity (Wildman–Crippen MR) is 76.2 cm³/mol. The number of aromatic nitrogens is 2. The fourth-order valence-corrected chi connectivity index (χ4v) is 2.73. The maximum absolute atomic E-state index is 4.60. The monoisotopic (exact) mass is 248 g/mol. The van der Waals surface area contributed by atoms with E-state index in [-0.39, 0.29) is 0 Å². The summed E-state index contributed by atoms with van der Waals surface area (Å²) >= 11 is 0. The molecule has 1 aliphatic carbocycles. The van der Waals surface area contributed by atoms with Gasteiger partial charge in [0.25, 0.3) is 0 Å². The van der Waals surface area contributed by atoms with Crippen LogP contribution in [0.15, 0.2) is 6.20 Å². The van der Waals surface area contributed by atoms with Gasteiger partial charge in [-0.3, -0.25) is 0 Å². The fourth-order valence-electron chi connectivity index (χ4n) is 2.73. The first-order valence-electron chi connectivity index (χ1n) is 6.96. The number of aryl methyl sites for hydroxylation is 1. The molecule has 0 aliphatic heterocycles. The Hall–Kier alpha value is -1.32. The highest BCUT2D eigenvalue weighted by Gasteiger charge is 2.19. The van der Waals surface area contributed by atoms with E-state index in [2.05, 4.69) is 34.2 Å². The zero-order valence-corrected chi connectivity index (χ0v) is 11.7. The normalized spacial score (nSPS) is 17.3. The van der Waals surface area contributed by atoms with Gasteiger partial charge in [0.2, 0.25) is 5.95 Å². The van der Waals surface area contributed by atoms with Crippen molar-refractivity contribution in [2.45, 2.75) is 51.5 Å². The Bertz CT molecular complexity index is 383. The third-order valence-electron chi connectivity index (χ3n) is 3.88. The Morgan fingerprint density at radius 2 is 1.89 bits per heavy atom. The highest BCUT2D eigenvalue weighted by Crippen LogP contribution is 2.26. The molecule has 2 rings (SSSR count). The standard InChI is InChI=1S/C14H24N4/c1-11-10-16-14(15-2)17-13(11)18(3)12-8-6-4-5-7-9-12/h10,12H,4-9H2,1-3H3,(H,15,16,17). The van der Waals surface area contributed by atoms with Crippen molar-refractivity contribution < 1.29 is 0 Å². The van der Waals surface area contributed by atoms with Crippen LogP contribution in [0.3, 0.4) is 0 Å². The van der Waals surface area contributed by atoms with Crippen LogP contribution in [0.25, 0.3) is 0 Å². The summed E-state index contributed by atoms with van der Waals surface area (Å²) in [6.45, 7) is 2.09. The lowest BCUT2D eigenvalue weighted by Gasteiger charge is -2.29. The summed E-state index contributed by atoms with van der Waals surface area (Å²) in [5.74, 6) is 1.78. The molecule has 100 valence electrons. The van der Waals surface area contributed by atoms with Crippen LogP contribution in [-0.4, -0.2) is 30.1 Å². The van der Waals surface area contributed by atoms with Gasteiger partial charge in [-0.05, 0) is 19.8 Å². The van der Waals surface area contributed by atoms with Crippen LogP contribution in [0.5, 0.6) is 0 Å². The largest absolute Gasteiger partial charge is 0.357 e. The second-order valence-corrected chi connectivity index (χ2v) is 5.21. The van der Waals surface area contributed by atoms with Gasteiger partial charge in [-0.2, -0.15) is 4.98 Å². The zero-order chi connectivity index (χ0) is 13.0. The van der Waals surface area contributed by atoms with Crippen LogP contribution in [0, 0.1) is 6.92 Å². The summed E-state index contributed by atoms with van der Waals surface area (Å²) < 4.78 is 0. The van der Waals surface area contributed by atoms with Crippen molar-refractivity contribution in [2.24, 2.45) is 0 Å². The van der Waals surface area contributed by atoms with Gasteiger partial charge in [0.05, 0.1) is 0 Å². The van der Waals surface area contributed by atoms with Gasteiger partial charge < -0.3 is 10.2 Å². The van der Waals surface area contributed by atoms with Gasteiger partial charge >= 0.3 is 0 Å². The van der Waals surface area contributed by atoms with Crippen molar-refractivity contribution >= 4 is 11.8 Å². The summed E-state index contributed by atoms with van der Waals surface area (Å²) in [5.41, 5.74) is 1.15. The molecule has 1 heterocycles. The molecule has 4 nitrogen and oxygen atoms in total. The zero-order valence-electron chi connectivity index (χ0n) is 11.7. The van der Waals surface area contributed by atoms with Crippen LogP contribution >= 0.6 is 0 Å². The molecule has 1 aliphatic rings. The summed E-state index contributed by atoms with van der Waals surface area (Å²) in [6.07, 6.45) is 9.94. The topological polar surface area (TPSA) is 41.1 Å². The lowest BCUT2D eigenvalue weighted by molar-refractivity contribution is 0.548. The first kappa shape index (κ1) is 13.1. The van der Waals surface area contributed by atoms with E-state index in [9.17, 15) is 0 Å². The molecule has 4 heteroatoms. The molecule has 0 saturated heterocycles. The minimum atomic E-state index is 0.630. The molecular weight excluding hydrogens is 224 g/mol. The van der Waals surface area contributed by atoms with E-state index in [0.29, 0.717) is 12.0 Å². The van der Waals surface area contributed by atoms with Crippen LogP contribution in [0.1, 0.15) is 44.1 Å². The van der Waals surface area contributed by atoms with Gasteiger partial charge in [0.15, 0.2) is 0 Å².